The average Bonchev–Trinajstić information content (AvgIpc) is 3.16. The molecule has 3 aromatic rings. The molecule has 1 saturated carbocycles. The molecule has 2 unspecified atom stereocenters. The summed E-state index contributed by atoms with van der Waals surface area (Å²) in [5.41, 5.74) is 2.32. The Bertz CT molecular complexity index is 741. The zero-order valence-corrected chi connectivity index (χ0v) is 10.6. The van der Waals surface area contributed by atoms with Crippen LogP contribution in [-0.2, 0) is 0 Å². The minimum Gasteiger partial charge on any atom is -0.342 e. The number of halogens is 2. The SMILES string of the molecule is Fc1cc2nc(C3CC3c3ccccc3)[nH]c2cc1F. The summed E-state index contributed by atoms with van der Waals surface area (Å²) in [5.74, 6) is -0.115. The molecule has 0 spiro atoms. The Morgan fingerprint density at radius 2 is 1.75 bits per heavy atom. The second kappa shape index (κ2) is 4.13. The zero-order valence-electron chi connectivity index (χ0n) is 10.6. The number of aromatic nitrogens is 2. The number of aromatic amines is 1. The average molecular weight is 270 g/mol. The second-order valence-corrected chi connectivity index (χ2v) is 5.26. The van der Waals surface area contributed by atoms with Crippen LogP contribution in [0.3, 0.4) is 0 Å². The van der Waals surface area contributed by atoms with Crippen molar-refractivity contribution in [1.29, 1.82) is 0 Å². The molecule has 1 fully saturated rings. The molecule has 1 aliphatic carbocycles. The molecule has 2 aromatic carbocycles. The van der Waals surface area contributed by atoms with Gasteiger partial charge in [0.05, 0.1) is 11.0 Å². The molecule has 0 saturated heterocycles. The molecule has 1 N–H and O–H groups in total. The van der Waals surface area contributed by atoms with E-state index in [-0.39, 0.29) is 0 Å². The van der Waals surface area contributed by atoms with Crippen LogP contribution >= 0.6 is 0 Å². The van der Waals surface area contributed by atoms with Crippen molar-refractivity contribution in [3.8, 4) is 0 Å². The molecule has 0 radical (unpaired) electrons. The number of nitrogens with one attached hydrogen (secondary N) is 1. The van der Waals surface area contributed by atoms with Gasteiger partial charge in [0.1, 0.15) is 5.82 Å². The van der Waals surface area contributed by atoms with Gasteiger partial charge >= 0.3 is 0 Å². The second-order valence-electron chi connectivity index (χ2n) is 5.26. The highest BCUT2D eigenvalue weighted by atomic mass is 19.2. The molecule has 20 heavy (non-hydrogen) atoms. The van der Waals surface area contributed by atoms with Gasteiger partial charge in [-0.1, -0.05) is 30.3 Å². The van der Waals surface area contributed by atoms with E-state index >= 15 is 0 Å². The molecular weight excluding hydrogens is 258 g/mol. The van der Waals surface area contributed by atoms with E-state index in [0.717, 1.165) is 18.3 Å². The summed E-state index contributed by atoms with van der Waals surface area (Å²) in [6.07, 6.45) is 1.02. The maximum atomic E-state index is 13.2. The molecule has 2 nitrogen and oxygen atoms in total. The molecule has 1 aromatic heterocycles. The van der Waals surface area contributed by atoms with Crippen molar-refractivity contribution in [2.45, 2.75) is 18.3 Å². The lowest BCUT2D eigenvalue weighted by Gasteiger charge is -1.97. The first-order chi connectivity index (χ1) is 9.72. The van der Waals surface area contributed by atoms with E-state index in [1.165, 1.54) is 11.6 Å². The molecule has 0 amide bonds. The van der Waals surface area contributed by atoms with Crippen molar-refractivity contribution in [2.75, 3.05) is 0 Å². The Kier molecular flexibility index (Phi) is 2.39. The fraction of sp³-hybridized carbons (Fsp3) is 0.188. The highest BCUT2D eigenvalue weighted by molar-refractivity contribution is 5.75. The highest BCUT2D eigenvalue weighted by Gasteiger charge is 2.41. The maximum absolute atomic E-state index is 13.2. The lowest BCUT2D eigenvalue weighted by Crippen LogP contribution is -1.86. The first kappa shape index (κ1) is 11.6. The summed E-state index contributed by atoms with van der Waals surface area (Å²) in [7, 11) is 0. The molecule has 0 bridgehead atoms. The monoisotopic (exact) mass is 270 g/mol. The minimum absolute atomic E-state index is 0.316. The standard InChI is InChI=1S/C16H12F2N2/c17-12-7-14-15(8-13(12)18)20-16(19-14)11-6-10(11)9-4-2-1-3-5-9/h1-5,7-8,10-11H,6H2,(H,19,20). The lowest BCUT2D eigenvalue weighted by molar-refractivity contribution is 0.510. The van der Waals surface area contributed by atoms with Crippen LogP contribution in [0, 0.1) is 11.6 Å². The zero-order chi connectivity index (χ0) is 13.7. The number of imidazole rings is 1. The third kappa shape index (κ3) is 1.80. The van der Waals surface area contributed by atoms with Gasteiger partial charge in [-0.2, -0.15) is 0 Å². The van der Waals surface area contributed by atoms with E-state index in [4.69, 9.17) is 0 Å². The van der Waals surface area contributed by atoms with Crippen LogP contribution in [0.15, 0.2) is 42.5 Å². The van der Waals surface area contributed by atoms with Crippen molar-refractivity contribution in [3.05, 3.63) is 65.5 Å². The third-order valence-corrected chi connectivity index (χ3v) is 3.91. The quantitative estimate of drug-likeness (QED) is 0.745. The summed E-state index contributed by atoms with van der Waals surface area (Å²) in [6.45, 7) is 0. The van der Waals surface area contributed by atoms with Crippen molar-refractivity contribution < 1.29 is 8.78 Å². The smallest absolute Gasteiger partial charge is 0.161 e. The van der Waals surface area contributed by atoms with Gasteiger partial charge in [0.15, 0.2) is 11.6 Å². The summed E-state index contributed by atoms with van der Waals surface area (Å²) >= 11 is 0. The van der Waals surface area contributed by atoms with Crippen LogP contribution in [0.1, 0.15) is 29.6 Å². The fourth-order valence-corrected chi connectivity index (χ4v) is 2.77. The Morgan fingerprint density at radius 3 is 2.55 bits per heavy atom. The molecule has 4 heteroatoms. The Balaban J connectivity index is 1.68. The Hall–Kier alpha value is -2.23. The topological polar surface area (TPSA) is 28.7 Å². The van der Waals surface area contributed by atoms with Crippen molar-refractivity contribution in [3.63, 3.8) is 0 Å². The summed E-state index contributed by atoms with van der Waals surface area (Å²) in [5, 5.41) is 0. The number of fused-ring (bicyclic) bond motifs is 1. The van der Waals surface area contributed by atoms with Crippen LogP contribution in [0.25, 0.3) is 11.0 Å². The molecule has 2 atom stereocenters. The molecule has 0 aliphatic heterocycles. The highest BCUT2D eigenvalue weighted by Crippen LogP contribution is 2.53. The predicted molar refractivity (Wildman–Crippen MR) is 72.6 cm³/mol. The normalized spacial score (nSPS) is 21.3. The van der Waals surface area contributed by atoms with Gasteiger partial charge in [-0.05, 0) is 17.9 Å². The molecule has 1 heterocycles. The van der Waals surface area contributed by atoms with Crippen molar-refractivity contribution in [1.82, 2.24) is 9.97 Å². The van der Waals surface area contributed by atoms with Crippen LogP contribution in [-0.4, -0.2) is 9.97 Å². The van der Waals surface area contributed by atoms with Gasteiger partial charge in [0.25, 0.3) is 0 Å². The summed E-state index contributed by atoms with van der Waals surface area (Å²) in [4.78, 5) is 7.50. The number of rotatable bonds is 2. The van der Waals surface area contributed by atoms with Crippen LogP contribution in [0.5, 0.6) is 0 Å². The number of hydrogen-bond acceptors (Lipinski definition) is 1. The van der Waals surface area contributed by atoms with Crippen LogP contribution in [0.4, 0.5) is 8.78 Å². The molecule has 100 valence electrons. The molecule has 1 aliphatic rings. The van der Waals surface area contributed by atoms with Gasteiger partial charge in [0, 0.05) is 18.1 Å². The van der Waals surface area contributed by atoms with Gasteiger partial charge in [-0.3, -0.25) is 0 Å². The first-order valence-corrected chi connectivity index (χ1v) is 6.62. The first-order valence-electron chi connectivity index (χ1n) is 6.62. The summed E-state index contributed by atoms with van der Waals surface area (Å²) in [6, 6.07) is 12.6. The van der Waals surface area contributed by atoms with E-state index in [1.54, 1.807) is 0 Å². The van der Waals surface area contributed by atoms with Crippen LogP contribution in [0.2, 0.25) is 0 Å². The largest absolute Gasteiger partial charge is 0.342 e. The maximum Gasteiger partial charge on any atom is 0.161 e. The molecule has 4 rings (SSSR count). The fourth-order valence-electron chi connectivity index (χ4n) is 2.77. The number of hydrogen-bond donors (Lipinski definition) is 1. The number of H-pyrrole nitrogens is 1. The van der Waals surface area contributed by atoms with E-state index in [1.807, 2.05) is 18.2 Å². The van der Waals surface area contributed by atoms with Crippen molar-refractivity contribution >= 4 is 11.0 Å². The van der Waals surface area contributed by atoms with E-state index in [2.05, 4.69) is 22.1 Å². The van der Waals surface area contributed by atoms with Crippen LogP contribution < -0.4 is 0 Å². The van der Waals surface area contributed by atoms with E-state index in [9.17, 15) is 8.78 Å². The van der Waals surface area contributed by atoms with Gasteiger partial charge in [-0.25, -0.2) is 13.8 Å². The van der Waals surface area contributed by atoms with E-state index < -0.39 is 11.6 Å². The van der Waals surface area contributed by atoms with Crippen molar-refractivity contribution in [2.24, 2.45) is 0 Å². The molecular formula is C16H12F2N2. The number of nitrogens with zero attached hydrogens (tertiary/aromatic N) is 1. The van der Waals surface area contributed by atoms with Gasteiger partial charge in [-0.15, -0.1) is 0 Å². The lowest BCUT2D eigenvalue weighted by atomic mass is 10.1. The van der Waals surface area contributed by atoms with Gasteiger partial charge in [0.2, 0.25) is 0 Å². The Labute approximate surface area is 114 Å². The number of benzene rings is 2. The van der Waals surface area contributed by atoms with Gasteiger partial charge < -0.3 is 4.98 Å². The Morgan fingerprint density at radius 1 is 1.00 bits per heavy atom. The van der Waals surface area contributed by atoms with E-state index in [0.29, 0.717) is 22.9 Å². The predicted octanol–water partition coefficient (Wildman–Crippen LogP) is 4.11. The third-order valence-electron chi connectivity index (χ3n) is 3.91. The summed E-state index contributed by atoms with van der Waals surface area (Å²) < 4.78 is 26.4. The minimum atomic E-state index is -0.856.